The standard InChI is InChI=1S/C23H29NO4S/c1-4-19-5-7-20(8-6-19)14-24(21-9-10-29(26,27)16-21)23(25)15-28-22-12-17(2)11-18(3)13-22/h5-8,11-13,21H,4,9-10,14-16H2,1-3H3. The third-order valence-electron chi connectivity index (χ3n) is 5.31. The molecule has 0 radical (unpaired) electrons. The van der Waals surface area contributed by atoms with Crippen molar-refractivity contribution in [1.82, 2.24) is 4.90 Å². The molecule has 3 rings (SSSR count). The first-order valence-electron chi connectivity index (χ1n) is 10.0. The molecule has 1 heterocycles. The van der Waals surface area contributed by atoms with Gasteiger partial charge in [0.05, 0.1) is 11.5 Å². The summed E-state index contributed by atoms with van der Waals surface area (Å²) in [6.07, 6.45) is 1.43. The van der Waals surface area contributed by atoms with Gasteiger partial charge in [-0.2, -0.15) is 0 Å². The maximum Gasteiger partial charge on any atom is 0.261 e. The Morgan fingerprint density at radius 3 is 2.24 bits per heavy atom. The van der Waals surface area contributed by atoms with Crippen molar-refractivity contribution in [2.45, 2.75) is 46.2 Å². The Balaban J connectivity index is 1.74. The Hall–Kier alpha value is -2.34. The molecule has 156 valence electrons. The number of hydrogen-bond acceptors (Lipinski definition) is 4. The highest BCUT2D eigenvalue weighted by Crippen LogP contribution is 2.22. The molecule has 0 saturated carbocycles. The van der Waals surface area contributed by atoms with Gasteiger partial charge in [-0.3, -0.25) is 4.79 Å². The van der Waals surface area contributed by atoms with Gasteiger partial charge >= 0.3 is 0 Å². The molecule has 0 bridgehead atoms. The van der Waals surface area contributed by atoms with E-state index in [1.54, 1.807) is 4.90 Å². The van der Waals surface area contributed by atoms with Crippen LogP contribution >= 0.6 is 0 Å². The van der Waals surface area contributed by atoms with Crippen LogP contribution in [0, 0.1) is 13.8 Å². The van der Waals surface area contributed by atoms with Gasteiger partial charge in [0.25, 0.3) is 5.91 Å². The van der Waals surface area contributed by atoms with E-state index in [4.69, 9.17) is 4.74 Å². The quantitative estimate of drug-likeness (QED) is 0.695. The average Bonchev–Trinajstić information content (AvgIpc) is 3.03. The number of carbonyl (C=O) groups excluding carboxylic acids is 1. The summed E-state index contributed by atoms with van der Waals surface area (Å²) in [5, 5.41) is 0. The first kappa shape index (κ1) is 21.4. The minimum absolute atomic E-state index is 0.0232. The lowest BCUT2D eigenvalue weighted by Gasteiger charge is -2.28. The van der Waals surface area contributed by atoms with Gasteiger partial charge in [-0.25, -0.2) is 8.42 Å². The molecule has 5 nitrogen and oxygen atoms in total. The molecule has 29 heavy (non-hydrogen) atoms. The van der Waals surface area contributed by atoms with E-state index in [9.17, 15) is 13.2 Å². The zero-order valence-corrected chi connectivity index (χ0v) is 18.2. The molecule has 0 aromatic heterocycles. The van der Waals surface area contributed by atoms with Crippen molar-refractivity contribution < 1.29 is 17.9 Å². The van der Waals surface area contributed by atoms with Gasteiger partial charge in [-0.1, -0.05) is 37.3 Å². The van der Waals surface area contributed by atoms with Gasteiger partial charge in [0.15, 0.2) is 16.4 Å². The number of rotatable bonds is 7. The summed E-state index contributed by atoms with van der Waals surface area (Å²) in [7, 11) is -3.09. The number of nitrogens with zero attached hydrogens (tertiary/aromatic N) is 1. The number of ether oxygens (including phenoxy) is 1. The number of sulfone groups is 1. The predicted octanol–water partition coefficient (Wildman–Crippen LogP) is 3.46. The maximum absolute atomic E-state index is 13.0. The molecule has 1 atom stereocenters. The molecule has 2 aromatic carbocycles. The Morgan fingerprint density at radius 1 is 1.07 bits per heavy atom. The fraction of sp³-hybridized carbons (Fsp3) is 0.435. The first-order valence-corrected chi connectivity index (χ1v) is 11.9. The molecular weight excluding hydrogens is 386 g/mol. The van der Waals surface area contributed by atoms with Crippen LogP contribution in [0.3, 0.4) is 0 Å². The van der Waals surface area contributed by atoms with E-state index in [1.807, 2.05) is 44.2 Å². The topological polar surface area (TPSA) is 63.7 Å². The van der Waals surface area contributed by atoms with E-state index in [-0.39, 0.29) is 30.1 Å². The smallest absolute Gasteiger partial charge is 0.261 e. The molecule has 1 unspecified atom stereocenters. The lowest BCUT2D eigenvalue weighted by molar-refractivity contribution is -0.136. The van der Waals surface area contributed by atoms with E-state index in [1.165, 1.54) is 5.56 Å². The Morgan fingerprint density at radius 2 is 1.69 bits per heavy atom. The van der Waals surface area contributed by atoms with E-state index < -0.39 is 9.84 Å². The number of aryl methyl sites for hydroxylation is 3. The summed E-state index contributed by atoms with van der Waals surface area (Å²) < 4.78 is 29.7. The van der Waals surface area contributed by atoms with Crippen molar-refractivity contribution in [3.63, 3.8) is 0 Å². The van der Waals surface area contributed by atoms with Crippen molar-refractivity contribution in [3.8, 4) is 5.75 Å². The van der Waals surface area contributed by atoms with Gasteiger partial charge in [-0.15, -0.1) is 0 Å². The van der Waals surface area contributed by atoms with E-state index in [0.717, 1.165) is 23.1 Å². The monoisotopic (exact) mass is 415 g/mol. The highest BCUT2D eigenvalue weighted by atomic mass is 32.2. The van der Waals surface area contributed by atoms with E-state index in [2.05, 4.69) is 19.1 Å². The summed E-state index contributed by atoms with van der Waals surface area (Å²) in [5.74, 6) is 0.622. The fourth-order valence-corrected chi connectivity index (χ4v) is 5.49. The van der Waals surface area contributed by atoms with Crippen LogP contribution in [0.15, 0.2) is 42.5 Å². The lowest BCUT2D eigenvalue weighted by Crippen LogP contribution is -2.43. The van der Waals surface area contributed by atoms with Crippen LogP contribution in [0.1, 0.15) is 35.6 Å². The second-order valence-corrected chi connectivity index (χ2v) is 10.1. The molecule has 1 amide bonds. The summed E-state index contributed by atoms with van der Waals surface area (Å²) >= 11 is 0. The normalized spacial score (nSPS) is 17.8. The van der Waals surface area contributed by atoms with Crippen molar-refractivity contribution in [3.05, 3.63) is 64.7 Å². The fourth-order valence-electron chi connectivity index (χ4n) is 3.76. The Kier molecular flexibility index (Phi) is 6.63. The van der Waals surface area contributed by atoms with Gasteiger partial charge < -0.3 is 9.64 Å². The van der Waals surface area contributed by atoms with Gasteiger partial charge in [0, 0.05) is 12.6 Å². The molecule has 1 saturated heterocycles. The van der Waals surface area contributed by atoms with Crippen molar-refractivity contribution in [2.24, 2.45) is 0 Å². The van der Waals surface area contributed by atoms with Gasteiger partial charge in [-0.05, 0) is 61.1 Å². The minimum Gasteiger partial charge on any atom is -0.484 e. The molecule has 0 spiro atoms. The van der Waals surface area contributed by atoms with Crippen molar-refractivity contribution in [1.29, 1.82) is 0 Å². The molecule has 1 fully saturated rings. The summed E-state index contributed by atoms with van der Waals surface area (Å²) in [6, 6.07) is 13.7. The van der Waals surface area contributed by atoms with E-state index >= 15 is 0 Å². The predicted molar refractivity (Wildman–Crippen MR) is 115 cm³/mol. The zero-order chi connectivity index (χ0) is 21.0. The van der Waals surface area contributed by atoms with Crippen LogP contribution in [0.5, 0.6) is 5.75 Å². The third-order valence-corrected chi connectivity index (χ3v) is 7.06. The van der Waals surface area contributed by atoms with Gasteiger partial charge in [0.2, 0.25) is 0 Å². The summed E-state index contributed by atoms with van der Waals surface area (Å²) in [6.45, 7) is 6.35. The molecule has 0 aliphatic carbocycles. The van der Waals surface area contributed by atoms with Crippen LogP contribution in [0.25, 0.3) is 0 Å². The average molecular weight is 416 g/mol. The van der Waals surface area contributed by atoms with Crippen molar-refractivity contribution in [2.75, 3.05) is 18.1 Å². The molecule has 0 N–H and O–H groups in total. The highest BCUT2D eigenvalue weighted by molar-refractivity contribution is 7.91. The second kappa shape index (κ2) is 8.99. The molecule has 6 heteroatoms. The molecule has 1 aliphatic heterocycles. The SMILES string of the molecule is CCc1ccc(CN(C(=O)COc2cc(C)cc(C)c2)C2CCS(=O)(=O)C2)cc1. The van der Waals surface area contributed by atoms with Gasteiger partial charge in [0.1, 0.15) is 5.75 Å². The van der Waals surface area contributed by atoms with E-state index in [0.29, 0.717) is 18.7 Å². The number of carbonyl (C=O) groups is 1. The number of benzene rings is 2. The number of amides is 1. The first-order chi connectivity index (χ1) is 13.8. The van der Waals surface area contributed by atoms with Crippen LogP contribution in [0.2, 0.25) is 0 Å². The lowest BCUT2D eigenvalue weighted by atomic mass is 10.1. The van der Waals surface area contributed by atoms with Crippen LogP contribution in [-0.2, 0) is 27.6 Å². The molecule has 1 aliphatic rings. The summed E-state index contributed by atoms with van der Waals surface area (Å²) in [4.78, 5) is 14.7. The minimum atomic E-state index is -3.09. The Bertz CT molecular complexity index is 947. The maximum atomic E-state index is 13.0. The second-order valence-electron chi connectivity index (χ2n) is 7.86. The number of hydrogen-bond donors (Lipinski definition) is 0. The van der Waals surface area contributed by atoms with Crippen molar-refractivity contribution >= 4 is 15.7 Å². The van der Waals surface area contributed by atoms with Crippen LogP contribution in [-0.4, -0.2) is 43.4 Å². The largest absolute Gasteiger partial charge is 0.484 e. The molecule has 2 aromatic rings. The third kappa shape index (κ3) is 5.82. The molecular formula is C23H29NO4S. The highest BCUT2D eigenvalue weighted by Gasteiger charge is 2.34. The zero-order valence-electron chi connectivity index (χ0n) is 17.3. The van der Waals surface area contributed by atoms with Crippen LogP contribution in [0.4, 0.5) is 0 Å². The summed E-state index contributed by atoms with van der Waals surface area (Å²) in [5.41, 5.74) is 4.36. The van der Waals surface area contributed by atoms with Crippen LogP contribution < -0.4 is 4.74 Å². The Labute approximate surface area is 173 Å².